The molecule has 10 heteroatoms. The Morgan fingerprint density at radius 3 is 2.83 bits per heavy atom. The van der Waals surface area contributed by atoms with Crippen LogP contribution in [0.3, 0.4) is 0 Å². The van der Waals surface area contributed by atoms with Crippen LogP contribution in [0.2, 0.25) is 0 Å². The number of morpholine rings is 1. The molecule has 0 radical (unpaired) electrons. The number of carbonyl (C=O) groups excluding carboxylic acids is 2. The van der Waals surface area contributed by atoms with E-state index in [0.29, 0.717) is 28.5 Å². The Labute approximate surface area is 206 Å². The van der Waals surface area contributed by atoms with Gasteiger partial charge < -0.3 is 40.5 Å². The molecule has 6 N–H and O–H groups in total. The van der Waals surface area contributed by atoms with Gasteiger partial charge in [0.05, 0.1) is 6.61 Å². The molecule has 6 rings (SSSR count). The summed E-state index contributed by atoms with van der Waals surface area (Å²) in [6.45, 7) is 1.20. The van der Waals surface area contributed by atoms with Crippen LogP contribution in [0.1, 0.15) is 12.8 Å². The Kier molecular flexibility index (Phi) is 5.35. The zero-order chi connectivity index (χ0) is 25.0. The topological polar surface area (TPSA) is 146 Å². The highest BCUT2D eigenvalue weighted by Gasteiger charge is 2.39. The minimum absolute atomic E-state index is 0.155. The second kappa shape index (κ2) is 8.58. The summed E-state index contributed by atoms with van der Waals surface area (Å²) in [5, 5.41) is 27.2. The lowest BCUT2D eigenvalue weighted by Gasteiger charge is -2.34. The van der Waals surface area contributed by atoms with Gasteiger partial charge in [0.15, 0.2) is 18.1 Å². The van der Waals surface area contributed by atoms with Crippen molar-refractivity contribution in [3.63, 3.8) is 0 Å². The summed E-state index contributed by atoms with van der Waals surface area (Å²) >= 11 is 0. The van der Waals surface area contributed by atoms with Crippen molar-refractivity contribution in [2.24, 2.45) is 5.92 Å². The number of amides is 2. The number of aromatic hydroxyl groups is 1. The van der Waals surface area contributed by atoms with Gasteiger partial charge in [0.25, 0.3) is 11.8 Å². The molecule has 0 spiro atoms. The van der Waals surface area contributed by atoms with Crippen LogP contribution in [0.25, 0.3) is 21.5 Å². The molecule has 2 aliphatic rings. The van der Waals surface area contributed by atoms with E-state index in [-0.39, 0.29) is 19.0 Å². The number of benzene rings is 2. The van der Waals surface area contributed by atoms with Gasteiger partial charge >= 0.3 is 0 Å². The Balaban J connectivity index is 1.19. The summed E-state index contributed by atoms with van der Waals surface area (Å²) in [7, 11) is 0. The number of hydrogen-bond donors (Lipinski definition) is 5. The van der Waals surface area contributed by atoms with E-state index < -0.39 is 24.0 Å². The first-order valence-corrected chi connectivity index (χ1v) is 12.0. The van der Waals surface area contributed by atoms with E-state index in [1.54, 1.807) is 36.5 Å². The number of nitrogens with two attached hydrogens (primary N) is 1. The summed E-state index contributed by atoms with van der Waals surface area (Å²) in [6, 6.07) is 10.6. The monoisotopic (exact) mass is 489 g/mol. The van der Waals surface area contributed by atoms with Crippen LogP contribution < -0.4 is 16.0 Å². The molecule has 36 heavy (non-hydrogen) atoms. The van der Waals surface area contributed by atoms with Gasteiger partial charge in [0.1, 0.15) is 5.82 Å². The number of fused-ring (bicyclic) bond motifs is 2. The Morgan fingerprint density at radius 1 is 1.19 bits per heavy atom. The second-order valence-corrected chi connectivity index (χ2v) is 9.54. The van der Waals surface area contributed by atoms with Crippen LogP contribution in [-0.4, -0.2) is 56.9 Å². The SMILES string of the molecule is Nc1[nH]cc2cc(NC(=O)[C@H](O)[C@H]3OCCN(c4ccc5cn(CC6CC6)c(O)c5c4)C3=O)ccc12. The van der Waals surface area contributed by atoms with Crippen molar-refractivity contribution in [2.75, 3.05) is 29.1 Å². The number of carbonyl (C=O) groups is 2. The third kappa shape index (κ3) is 3.94. The maximum atomic E-state index is 13.3. The fourth-order valence-electron chi connectivity index (χ4n) is 4.80. The van der Waals surface area contributed by atoms with E-state index in [1.165, 1.54) is 17.7 Å². The molecule has 2 atom stereocenters. The molecule has 186 valence electrons. The van der Waals surface area contributed by atoms with Gasteiger partial charge in [0, 0.05) is 58.4 Å². The number of H-pyrrole nitrogens is 1. The molecule has 0 bridgehead atoms. The maximum absolute atomic E-state index is 13.3. The minimum Gasteiger partial charge on any atom is -0.494 e. The van der Waals surface area contributed by atoms with Gasteiger partial charge in [0.2, 0.25) is 0 Å². The number of anilines is 3. The van der Waals surface area contributed by atoms with Gasteiger partial charge in [-0.2, -0.15) is 0 Å². The van der Waals surface area contributed by atoms with E-state index in [9.17, 15) is 19.8 Å². The second-order valence-electron chi connectivity index (χ2n) is 9.54. The smallest absolute Gasteiger partial charge is 0.259 e. The quantitative estimate of drug-likeness (QED) is 0.281. The van der Waals surface area contributed by atoms with Gasteiger partial charge in [-0.3, -0.25) is 9.59 Å². The van der Waals surface area contributed by atoms with Gasteiger partial charge in [-0.1, -0.05) is 6.07 Å². The molecule has 2 amide bonds. The largest absolute Gasteiger partial charge is 0.494 e. The van der Waals surface area contributed by atoms with E-state index in [4.69, 9.17) is 10.5 Å². The minimum atomic E-state index is -1.70. The summed E-state index contributed by atoms with van der Waals surface area (Å²) in [6.07, 6.45) is 2.93. The van der Waals surface area contributed by atoms with Crippen LogP contribution in [0.4, 0.5) is 17.2 Å². The van der Waals surface area contributed by atoms with Gasteiger partial charge in [-0.05, 0) is 49.1 Å². The standard InChI is InChI=1S/C26H27N5O5/c27-23-19-6-4-17(9-16(19)11-28-23)29-24(33)21(32)22-26(35)31(7-8-36-22)18-5-3-15-13-30(12-14-1-2-14)25(34)20(15)10-18/h3-6,9-11,13-14,21-22,28,32,34H,1-2,7-8,12,27H2,(H,29,33)/t21-,22-/m1/s1. The van der Waals surface area contributed by atoms with Crippen molar-refractivity contribution >= 4 is 50.6 Å². The number of ether oxygens (including phenoxy) is 1. The highest BCUT2D eigenvalue weighted by molar-refractivity contribution is 6.05. The van der Waals surface area contributed by atoms with Crippen molar-refractivity contribution in [1.29, 1.82) is 0 Å². The molecule has 2 aromatic heterocycles. The predicted octanol–water partition coefficient (Wildman–Crippen LogP) is 2.55. The first-order valence-electron chi connectivity index (χ1n) is 12.0. The van der Waals surface area contributed by atoms with Crippen molar-refractivity contribution in [3.05, 3.63) is 48.8 Å². The number of nitrogens with zero attached hydrogens (tertiary/aromatic N) is 2. The lowest BCUT2D eigenvalue weighted by Crippen LogP contribution is -2.55. The van der Waals surface area contributed by atoms with E-state index in [2.05, 4.69) is 10.3 Å². The van der Waals surface area contributed by atoms with Gasteiger partial charge in [-0.15, -0.1) is 0 Å². The average molecular weight is 490 g/mol. The Bertz CT molecular complexity index is 1490. The van der Waals surface area contributed by atoms with E-state index >= 15 is 0 Å². The average Bonchev–Trinajstić information content (AvgIpc) is 3.55. The summed E-state index contributed by atoms with van der Waals surface area (Å²) in [4.78, 5) is 30.4. The lowest BCUT2D eigenvalue weighted by atomic mass is 10.1. The van der Waals surface area contributed by atoms with Crippen LogP contribution in [-0.2, 0) is 20.9 Å². The zero-order valence-electron chi connectivity index (χ0n) is 19.5. The number of rotatable bonds is 6. The normalized spacial score (nSPS) is 19.2. The van der Waals surface area contributed by atoms with Crippen LogP contribution in [0.5, 0.6) is 5.88 Å². The Morgan fingerprint density at radius 2 is 2.03 bits per heavy atom. The fourth-order valence-corrected chi connectivity index (χ4v) is 4.80. The summed E-state index contributed by atoms with van der Waals surface area (Å²) in [5.74, 6) is 0.0403. The van der Waals surface area contributed by atoms with Crippen molar-refractivity contribution in [1.82, 2.24) is 9.55 Å². The predicted molar refractivity (Wildman–Crippen MR) is 136 cm³/mol. The zero-order valence-corrected chi connectivity index (χ0v) is 19.5. The van der Waals surface area contributed by atoms with E-state index in [1.807, 2.05) is 16.8 Å². The molecule has 1 aliphatic carbocycles. The molecule has 10 nitrogen and oxygen atoms in total. The van der Waals surface area contributed by atoms with E-state index in [0.717, 1.165) is 22.7 Å². The number of aliphatic hydroxyl groups is 1. The molecular weight excluding hydrogens is 462 g/mol. The van der Waals surface area contributed by atoms with Crippen LogP contribution in [0, 0.1) is 5.92 Å². The Hall–Kier alpha value is -4.02. The fraction of sp³-hybridized carbons (Fsp3) is 0.308. The molecular formula is C26H27N5O5. The third-order valence-corrected chi connectivity index (χ3v) is 6.98. The number of aliphatic hydroxyl groups excluding tert-OH is 1. The molecule has 3 heterocycles. The molecule has 2 aromatic carbocycles. The molecule has 2 fully saturated rings. The lowest BCUT2D eigenvalue weighted by molar-refractivity contribution is -0.150. The number of nitrogen functional groups attached to an aromatic ring is 1. The highest BCUT2D eigenvalue weighted by atomic mass is 16.5. The van der Waals surface area contributed by atoms with Crippen molar-refractivity contribution < 1.29 is 24.5 Å². The van der Waals surface area contributed by atoms with Crippen molar-refractivity contribution in [3.8, 4) is 5.88 Å². The summed E-state index contributed by atoms with van der Waals surface area (Å²) in [5.41, 5.74) is 6.89. The summed E-state index contributed by atoms with van der Waals surface area (Å²) < 4.78 is 7.38. The number of nitrogens with one attached hydrogen (secondary N) is 2. The van der Waals surface area contributed by atoms with Crippen LogP contribution >= 0.6 is 0 Å². The number of hydrogen-bond acceptors (Lipinski definition) is 6. The number of aromatic nitrogens is 2. The maximum Gasteiger partial charge on any atom is 0.259 e. The molecule has 0 unspecified atom stereocenters. The van der Waals surface area contributed by atoms with Gasteiger partial charge in [-0.25, -0.2) is 0 Å². The molecule has 1 saturated heterocycles. The highest BCUT2D eigenvalue weighted by Crippen LogP contribution is 2.36. The molecule has 1 aliphatic heterocycles. The molecule has 4 aromatic rings. The van der Waals surface area contributed by atoms with Crippen LogP contribution in [0.15, 0.2) is 48.8 Å². The number of aromatic amines is 1. The van der Waals surface area contributed by atoms with Crippen molar-refractivity contribution in [2.45, 2.75) is 31.6 Å². The first kappa shape index (κ1) is 22.4. The third-order valence-electron chi connectivity index (χ3n) is 6.98. The molecule has 1 saturated carbocycles. The first-order chi connectivity index (χ1) is 17.4.